The predicted molar refractivity (Wildman–Crippen MR) is 91.3 cm³/mol. The summed E-state index contributed by atoms with van der Waals surface area (Å²) in [7, 11) is 0. The molecule has 0 amide bonds. The van der Waals surface area contributed by atoms with E-state index in [0.29, 0.717) is 11.7 Å². The maximum atomic E-state index is 9.03. The fourth-order valence-electron chi connectivity index (χ4n) is 4.43. The van der Waals surface area contributed by atoms with Crippen LogP contribution in [0.1, 0.15) is 37.7 Å². The lowest BCUT2D eigenvalue weighted by Gasteiger charge is -2.47. The van der Waals surface area contributed by atoms with Gasteiger partial charge < -0.3 is 5.43 Å². The lowest BCUT2D eigenvalue weighted by Crippen LogP contribution is -2.41. The standard InChI is InChI=1S/C16H15Cl3N4/c17-12-11(6-20)15(19)21-16(13(12)18)23-22-14-9-2-7-1-8(4-9)5-10(14)3-7/h7-9,22H,1-5H2,(H,21,23)/t7-,8+,9?. The summed E-state index contributed by atoms with van der Waals surface area (Å²) in [4.78, 5) is 4.14. The number of aromatic nitrogens is 1. The van der Waals surface area contributed by atoms with Crippen molar-refractivity contribution in [1.82, 2.24) is 10.4 Å². The molecule has 2 saturated carbocycles. The molecule has 4 aliphatic carbocycles. The summed E-state index contributed by atoms with van der Waals surface area (Å²) in [5.74, 6) is 2.69. The van der Waals surface area contributed by atoms with Crippen molar-refractivity contribution in [3.8, 4) is 6.07 Å². The molecule has 4 nitrogen and oxygen atoms in total. The fourth-order valence-corrected chi connectivity index (χ4v) is 5.10. The topological polar surface area (TPSA) is 60.7 Å². The van der Waals surface area contributed by atoms with E-state index >= 15 is 0 Å². The molecule has 7 heteroatoms. The molecule has 4 aliphatic rings. The molecule has 1 unspecified atom stereocenters. The van der Waals surface area contributed by atoms with Gasteiger partial charge in [-0.05, 0) is 49.5 Å². The van der Waals surface area contributed by atoms with E-state index in [2.05, 4.69) is 15.8 Å². The Morgan fingerprint density at radius 2 is 1.70 bits per heavy atom. The molecule has 0 aromatic carbocycles. The first kappa shape index (κ1) is 15.4. The van der Waals surface area contributed by atoms with Gasteiger partial charge in [0.1, 0.15) is 16.7 Å². The minimum absolute atomic E-state index is 0.0499. The van der Waals surface area contributed by atoms with Crippen molar-refractivity contribution in [2.24, 2.45) is 17.8 Å². The average Bonchev–Trinajstić information content (AvgIpc) is 2.51. The maximum absolute atomic E-state index is 9.03. The van der Waals surface area contributed by atoms with Crippen LogP contribution < -0.4 is 10.9 Å². The second kappa shape index (κ2) is 5.73. The zero-order chi connectivity index (χ0) is 16.1. The zero-order valence-corrected chi connectivity index (χ0v) is 14.6. The quantitative estimate of drug-likeness (QED) is 0.586. The third-order valence-electron chi connectivity index (χ3n) is 5.23. The number of nitrogens with zero attached hydrogens (tertiary/aromatic N) is 2. The molecule has 120 valence electrons. The Morgan fingerprint density at radius 1 is 1.00 bits per heavy atom. The largest absolute Gasteiger partial charge is 0.303 e. The summed E-state index contributed by atoms with van der Waals surface area (Å²) in [5.41, 5.74) is 9.25. The van der Waals surface area contributed by atoms with Gasteiger partial charge in [0.05, 0.1) is 5.02 Å². The number of hydrogen-bond acceptors (Lipinski definition) is 4. The Hall–Kier alpha value is -1.15. The number of rotatable bonds is 3. The maximum Gasteiger partial charge on any atom is 0.166 e. The molecule has 23 heavy (non-hydrogen) atoms. The van der Waals surface area contributed by atoms with Gasteiger partial charge in [-0.3, -0.25) is 5.43 Å². The van der Waals surface area contributed by atoms with Crippen LogP contribution in [0.2, 0.25) is 15.2 Å². The van der Waals surface area contributed by atoms with Gasteiger partial charge in [-0.25, -0.2) is 4.98 Å². The van der Waals surface area contributed by atoms with Crippen LogP contribution in [0.25, 0.3) is 0 Å². The van der Waals surface area contributed by atoms with Crippen molar-refractivity contribution >= 4 is 40.6 Å². The van der Waals surface area contributed by atoms with Crippen molar-refractivity contribution in [2.75, 3.05) is 5.43 Å². The number of hydrogen-bond donors (Lipinski definition) is 2. The Bertz CT molecular complexity index is 737. The first-order chi connectivity index (χ1) is 11.1. The van der Waals surface area contributed by atoms with Crippen LogP contribution >= 0.6 is 34.8 Å². The average molecular weight is 370 g/mol. The first-order valence-corrected chi connectivity index (χ1v) is 8.88. The van der Waals surface area contributed by atoms with E-state index in [1.165, 1.54) is 43.4 Å². The molecular formula is C16H15Cl3N4. The highest BCUT2D eigenvalue weighted by molar-refractivity contribution is 6.45. The molecule has 2 N–H and O–H groups in total. The summed E-state index contributed by atoms with van der Waals surface area (Å²) in [6, 6.07) is 1.91. The van der Waals surface area contributed by atoms with Crippen molar-refractivity contribution < 1.29 is 0 Å². The van der Waals surface area contributed by atoms with Crippen molar-refractivity contribution in [2.45, 2.75) is 32.1 Å². The minimum Gasteiger partial charge on any atom is -0.303 e. The molecule has 4 bridgehead atoms. The van der Waals surface area contributed by atoms with E-state index in [0.717, 1.165) is 11.8 Å². The van der Waals surface area contributed by atoms with Crippen LogP contribution in [0.5, 0.6) is 0 Å². The van der Waals surface area contributed by atoms with Gasteiger partial charge in [0.25, 0.3) is 0 Å². The fraction of sp³-hybridized carbons (Fsp3) is 0.500. The predicted octanol–water partition coefficient (Wildman–Crippen LogP) is 4.92. The highest BCUT2D eigenvalue weighted by Gasteiger charge is 2.41. The molecule has 1 heterocycles. The molecular weight excluding hydrogens is 355 g/mol. The van der Waals surface area contributed by atoms with E-state index in [1.54, 1.807) is 0 Å². The highest BCUT2D eigenvalue weighted by Crippen LogP contribution is 2.52. The second-order valence-electron chi connectivity index (χ2n) is 6.68. The molecule has 5 rings (SSSR count). The molecule has 3 atom stereocenters. The van der Waals surface area contributed by atoms with E-state index in [1.807, 2.05) is 6.07 Å². The summed E-state index contributed by atoms with van der Waals surface area (Å²) < 4.78 is 0. The number of nitrogens with one attached hydrogen (secondary N) is 2. The summed E-state index contributed by atoms with van der Waals surface area (Å²) in [6.45, 7) is 0. The lowest BCUT2D eigenvalue weighted by molar-refractivity contribution is 0.152. The van der Waals surface area contributed by atoms with Gasteiger partial charge >= 0.3 is 0 Å². The SMILES string of the molecule is N#Cc1c(Cl)nc(NNC2=C3C[C@@H]4CC2C[C@H](C3)C4)c(Cl)c1Cl. The summed E-state index contributed by atoms with van der Waals surface area (Å²) >= 11 is 18.3. The Morgan fingerprint density at radius 3 is 2.30 bits per heavy atom. The molecule has 1 aromatic heterocycles. The van der Waals surface area contributed by atoms with Crippen LogP contribution in [-0.2, 0) is 0 Å². The molecule has 1 aromatic rings. The third-order valence-corrected chi connectivity index (χ3v) is 6.34. The van der Waals surface area contributed by atoms with Crippen LogP contribution in [0.15, 0.2) is 11.3 Å². The van der Waals surface area contributed by atoms with Gasteiger partial charge in [0.2, 0.25) is 0 Å². The van der Waals surface area contributed by atoms with E-state index in [-0.39, 0.29) is 20.8 Å². The Labute approximate surface area is 149 Å². The Balaban J connectivity index is 1.58. The number of nitriles is 1. The van der Waals surface area contributed by atoms with Crippen molar-refractivity contribution in [3.05, 3.63) is 32.0 Å². The monoisotopic (exact) mass is 368 g/mol. The van der Waals surface area contributed by atoms with Crippen LogP contribution in [0.4, 0.5) is 5.82 Å². The van der Waals surface area contributed by atoms with Crippen LogP contribution in [-0.4, -0.2) is 4.98 Å². The first-order valence-electron chi connectivity index (χ1n) is 7.75. The van der Waals surface area contributed by atoms with E-state index < -0.39 is 0 Å². The minimum atomic E-state index is 0.0499. The zero-order valence-electron chi connectivity index (χ0n) is 12.3. The number of hydrazine groups is 1. The van der Waals surface area contributed by atoms with Gasteiger partial charge in [-0.15, -0.1) is 0 Å². The molecule has 0 spiro atoms. The second-order valence-corrected chi connectivity index (χ2v) is 7.79. The van der Waals surface area contributed by atoms with Crippen LogP contribution in [0.3, 0.4) is 0 Å². The third kappa shape index (κ3) is 2.55. The Kier molecular flexibility index (Phi) is 3.84. The smallest absolute Gasteiger partial charge is 0.166 e. The van der Waals surface area contributed by atoms with Crippen molar-refractivity contribution in [3.63, 3.8) is 0 Å². The number of halogens is 3. The summed E-state index contributed by atoms with van der Waals surface area (Å²) in [5, 5.41) is 9.40. The normalized spacial score (nSPS) is 28.0. The summed E-state index contributed by atoms with van der Waals surface area (Å²) in [6.07, 6.45) is 6.33. The highest BCUT2D eigenvalue weighted by atomic mass is 35.5. The number of pyridine rings is 1. The van der Waals surface area contributed by atoms with Gasteiger partial charge in [0, 0.05) is 11.6 Å². The molecule has 0 aliphatic heterocycles. The lowest BCUT2D eigenvalue weighted by atomic mass is 9.60. The molecule has 0 radical (unpaired) electrons. The van der Waals surface area contributed by atoms with Crippen molar-refractivity contribution in [1.29, 1.82) is 5.26 Å². The number of allylic oxidation sites excluding steroid dienone is 2. The van der Waals surface area contributed by atoms with Gasteiger partial charge in [0.15, 0.2) is 11.0 Å². The molecule has 2 fully saturated rings. The van der Waals surface area contributed by atoms with Crippen LogP contribution in [0, 0.1) is 29.1 Å². The van der Waals surface area contributed by atoms with E-state index in [4.69, 9.17) is 40.1 Å². The van der Waals surface area contributed by atoms with Gasteiger partial charge in [-0.1, -0.05) is 34.8 Å². The molecule has 0 saturated heterocycles. The van der Waals surface area contributed by atoms with E-state index in [9.17, 15) is 0 Å². The van der Waals surface area contributed by atoms with Gasteiger partial charge in [-0.2, -0.15) is 5.26 Å². The number of anilines is 1.